The third kappa shape index (κ3) is 3.95. The lowest BCUT2D eigenvalue weighted by atomic mass is 9.95. The quantitative estimate of drug-likeness (QED) is 0.631. The first-order valence-electron chi connectivity index (χ1n) is 8.86. The molecule has 0 radical (unpaired) electrons. The summed E-state index contributed by atoms with van der Waals surface area (Å²) in [5.74, 6) is 0.669. The first kappa shape index (κ1) is 17.9. The van der Waals surface area contributed by atoms with Gasteiger partial charge in [-0.2, -0.15) is 0 Å². The van der Waals surface area contributed by atoms with E-state index in [-0.39, 0.29) is 17.8 Å². The molecular weight excluding hydrogens is 412 g/mol. The fraction of sp³-hybridized carbons (Fsp3) is 0.368. The minimum atomic E-state index is -0.158. The van der Waals surface area contributed by atoms with Gasteiger partial charge in [-0.3, -0.25) is 4.79 Å². The van der Waals surface area contributed by atoms with Crippen molar-refractivity contribution in [2.45, 2.75) is 37.9 Å². The first-order valence-corrected chi connectivity index (χ1v) is 9.65. The van der Waals surface area contributed by atoms with Crippen LogP contribution in [0.1, 0.15) is 25.7 Å². The molecule has 27 heavy (non-hydrogen) atoms. The van der Waals surface area contributed by atoms with E-state index in [1.165, 1.54) is 6.20 Å². The Balaban J connectivity index is 1.48. The Morgan fingerprint density at radius 2 is 1.70 bits per heavy atom. The molecule has 0 unspecified atom stereocenters. The zero-order valence-corrected chi connectivity index (χ0v) is 16.4. The summed E-state index contributed by atoms with van der Waals surface area (Å²) in [5.41, 5.74) is 1.27. The normalized spacial score (nSPS) is 19.8. The summed E-state index contributed by atoms with van der Waals surface area (Å²) in [6, 6.07) is 5.96. The fourth-order valence-corrected chi connectivity index (χ4v) is 3.77. The molecule has 0 aliphatic heterocycles. The first-order chi connectivity index (χ1) is 13.1. The topological polar surface area (TPSA) is 79.1 Å². The van der Waals surface area contributed by atoms with Crippen molar-refractivity contribution in [3.8, 4) is 11.8 Å². The highest BCUT2D eigenvalue weighted by Gasteiger charge is 2.25. The lowest BCUT2D eigenvalue weighted by Crippen LogP contribution is -2.30. The zero-order chi connectivity index (χ0) is 18.8. The molecule has 3 aromatic rings. The molecule has 0 spiro atoms. The molecule has 1 fully saturated rings. The van der Waals surface area contributed by atoms with Crippen molar-refractivity contribution in [1.82, 2.24) is 19.5 Å². The van der Waals surface area contributed by atoms with Gasteiger partial charge in [-0.1, -0.05) is 15.9 Å². The van der Waals surface area contributed by atoms with E-state index in [4.69, 9.17) is 9.47 Å². The third-order valence-corrected chi connectivity index (χ3v) is 5.19. The molecule has 0 amide bonds. The zero-order valence-electron chi connectivity index (χ0n) is 14.8. The molecule has 0 saturated heterocycles. The fourth-order valence-electron chi connectivity index (χ4n) is 3.35. The van der Waals surface area contributed by atoms with Crippen LogP contribution in [0.4, 0.5) is 0 Å². The second kappa shape index (κ2) is 7.64. The van der Waals surface area contributed by atoms with Gasteiger partial charge in [0.1, 0.15) is 17.4 Å². The number of hydrogen-bond donors (Lipinski definition) is 0. The maximum atomic E-state index is 12.0. The molecule has 2 aromatic heterocycles. The molecule has 0 bridgehead atoms. The van der Waals surface area contributed by atoms with Crippen LogP contribution in [0.15, 0.2) is 46.1 Å². The SMILES string of the molecule is Cn1c(=O)cnc2cc(Br)cc(O[C@H]3CC[C@@H](Oc4ncccn4)CC3)c21. The van der Waals surface area contributed by atoms with Crippen LogP contribution in [-0.2, 0) is 7.05 Å². The minimum Gasteiger partial charge on any atom is -0.488 e. The van der Waals surface area contributed by atoms with Crippen LogP contribution in [0.25, 0.3) is 11.0 Å². The number of halogens is 1. The van der Waals surface area contributed by atoms with Crippen molar-refractivity contribution >= 4 is 27.0 Å². The van der Waals surface area contributed by atoms with Gasteiger partial charge in [0, 0.05) is 23.9 Å². The highest BCUT2D eigenvalue weighted by atomic mass is 79.9. The van der Waals surface area contributed by atoms with Gasteiger partial charge < -0.3 is 14.0 Å². The summed E-state index contributed by atoms with van der Waals surface area (Å²) in [5, 5.41) is 0. The molecule has 2 heterocycles. The Hall–Kier alpha value is -2.48. The van der Waals surface area contributed by atoms with Gasteiger partial charge in [0.25, 0.3) is 5.56 Å². The van der Waals surface area contributed by atoms with Gasteiger partial charge in [-0.25, -0.2) is 15.0 Å². The van der Waals surface area contributed by atoms with Crippen molar-refractivity contribution in [3.05, 3.63) is 51.6 Å². The average Bonchev–Trinajstić information content (AvgIpc) is 2.67. The number of benzene rings is 1. The molecule has 7 nitrogen and oxygen atoms in total. The maximum Gasteiger partial charge on any atom is 0.316 e. The Morgan fingerprint density at radius 3 is 2.41 bits per heavy atom. The summed E-state index contributed by atoms with van der Waals surface area (Å²) >= 11 is 3.50. The highest BCUT2D eigenvalue weighted by molar-refractivity contribution is 9.10. The Labute approximate surface area is 164 Å². The molecule has 8 heteroatoms. The highest BCUT2D eigenvalue weighted by Crippen LogP contribution is 2.32. The molecule has 1 aromatic carbocycles. The number of ether oxygens (including phenoxy) is 2. The van der Waals surface area contributed by atoms with E-state index in [1.807, 2.05) is 12.1 Å². The van der Waals surface area contributed by atoms with Gasteiger partial charge in [-0.05, 0) is 43.9 Å². The largest absolute Gasteiger partial charge is 0.488 e. The van der Waals surface area contributed by atoms with Gasteiger partial charge >= 0.3 is 6.01 Å². The maximum absolute atomic E-state index is 12.0. The third-order valence-electron chi connectivity index (χ3n) is 4.73. The summed E-state index contributed by atoms with van der Waals surface area (Å²) in [6.07, 6.45) is 8.29. The lowest BCUT2D eigenvalue weighted by molar-refractivity contribution is 0.0756. The van der Waals surface area contributed by atoms with Crippen molar-refractivity contribution in [2.75, 3.05) is 0 Å². The van der Waals surface area contributed by atoms with Gasteiger partial charge in [0.05, 0.1) is 17.8 Å². The molecule has 1 saturated carbocycles. The van der Waals surface area contributed by atoms with Crippen LogP contribution in [-0.4, -0.2) is 31.7 Å². The average molecular weight is 431 g/mol. The van der Waals surface area contributed by atoms with Crippen molar-refractivity contribution in [2.24, 2.45) is 7.05 Å². The number of aromatic nitrogens is 4. The van der Waals surface area contributed by atoms with E-state index in [9.17, 15) is 4.79 Å². The van der Waals surface area contributed by atoms with E-state index in [0.717, 1.165) is 35.7 Å². The van der Waals surface area contributed by atoms with E-state index in [0.29, 0.717) is 17.3 Å². The second-order valence-electron chi connectivity index (χ2n) is 6.59. The Morgan fingerprint density at radius 1 is 1.04 bits per heavy atom. The van der Waals surface area contributed by atoms with Gasteiger partial charge in [-0.15, -0.1) is 0 Å². The number of nitrogens with zero attached hydrogens (tertiary/aromatic N) is 4. The van der Waals surface area contributed by atoms with Crippen LogP contribution in [0.2, 0.25) is 0 Å². The standard InChI is InChI=1S/C19H19BrN4O3/c1-24-17(25)11-23-15-9-12(20)10-16(18(15)24)26-13-3-5-14(6-4-13)27-19-21-7-2-8-22-19/h2,7-11,13-14H,3-6H2,1H3/t13-,14+. The monoisotopic (exact) mass is 430 g/mol. The smallest absolute Gasteiger partial charge is 0.316 e. The van der Waals surface area contributed by atoms with E-state index in [1.54, 1.807) is 30.1 Å². The predicted octanol–water partition coefficient (Wildman–Crippen LogP) is 3.26. The number of rotatable bonds is 4. The number of aryl methyl sites for hydroxylation is 1. The molecule has 4 rings (SSSR count). The van der Waals surface area contributed by atoms with E-state index in [2.05, 4.69) is 30.9 Å². The minimum absolute atomic E-state index is 0.0642. The molecule has 1 aliphatic carbocycles. The molecule has 0 N–H and O–H groups in total. The van der Waals surface area contributed by atoms with Crippen molar-refractivity contribution in [3.63, 3.8) is 0 Å². The second-order valence-corrected chi connectivity index (χ2v) is 7.51. The van der Waals surface area contributed by atoms with Gasteiger partial charge in [0.15, 0.2) is 0 Å². The molecule has 1 aliphatic rings. The van der Waals surface area contributed by atoms with Gasteiger partial charge in [0.2, 0.25) is 0 Å². The van der Waals surface area contributed by atoms with Crippen molar-refractivity contribution in [1.29, 1.82) is 0 Å². The Kier molecular flexibility index (Phi) is 5.07. The van der Waals surface area contributed by atoms with E-state index < -0.39 is 0 Å². The van der Waals surface area contributed by atoms with Crippen molar-refractivity contribution < 1.29 is 9.47 Å². The van der Waals surface area contributed by atoms with Crippen LogP contribution in [0.5, 0.6) is 11.8 Å². The van der Waals surface area contributed by atoms with Crippen LogP contribution < -0.4 is 15.0 Å². The van der Waals surface area contributed by atoms with Crippen LogP contribution in [0, 0.1) is 0 Å². The summed E-state index contributed by atoms with van der Waals surface area (Å²) < 4.78 is 14.5. The van der Waals surface area contributed by atoms with Crippen LogP contribution in [0.3, 0.4) is 0 Å². The molecule has 140 valence electrons. The molecule has 0 atom stereocenters. The number of hydrogen-bond acceptors (Lipinski definition) is 6. The summed E-state index contributed by atoms with van der Waals surface area (Å²) in [4.78, 5) is 24.4. The van der Waals surface area contributed by atoms with E-state index >= 15 is 0 Å². The Bertz CT molecular complexity index is 1000. The molecular formula is C19H19BrN4O3. The predicted molar refractivity (Wildman–Crippen MR) is 104 cm³/mol. The summed E-state index contributed by atoms with van der Waals surface area (Å²) in [6.45, 7) is 0. The lowest BCUT2D eigenvalue weighted by Gasteiger charge is -2.29. The number of fused-ring (bicyclic) bond motifs is 1. The van der Waals surface area contributed by atoms with Crippen LogP contribution >= 0.6 is 15.9 Å². The summed E-state index contributed by atoms with van der Waals surface area (Å²) in [7, 11) is 1.73.